The topological polar surface area (TPSA) is 75.8 Å². The minimum atomic E-state index is -1.01. The normalized spacial score (nSPS) is 28.8. The number of ether oxygens (including phenoxy) is 1. The summed E-state index contributed by atoms with van der Waals surface area (Å²) in [6.45, 7) is 6.78. The van der Waals surface area contributed by atoms with Crippen LogP contribution in [0.3, 0.4) is 0 Å². The lowest BCUT2D eigenvalue weighted by Gasteiger charge is -2.32. The van der Waals surface area contributed by atoms with E-state index in [-0.39, 0.29) is 5.92 Å². The van der Waals surface area contributed by atoms with Crippen LogP contribution in [0.2, 0.25) is 0 Å². The second-order valence-corrected chi connectivity index (χ2v) is 5.66. The minimum Gasteiger partial charge on any atom is -0.480 e. The molecule has 0 aromatic carbocycles. The quantitative estimate of drug-likeness (QED) is 0.697. The maximum Gasteiger partial charge on any atom is 0.323 e. The van der Waals surface area contributed by atoms with Crippen molar-refractivity contribution in [1.82, 2.24) is 4.90 Å². The van der Waals surface area contributed by atoms with Gasteiger partial charge < -0.3 is 15.6 Å². The first-order chi connectivity index (χ1) is 8.95. The molecule has 3 unspecified atom stereocenters. The number of aliphatic carboxylic acids is 1. The van der Waals surface area contributed by atoms with Crippen LogP contribution in [0.5, 0.6) is 0 Å². The summed E-state index contributed by atoms with van der Waals surface area (Å²) in [7, 11) is 1.71. The van der Waals surface area contributed by atoms with Crippen molar-refractivity contribution >= 4 is 5.97 Å². The summed E-state index contributed by atoms with van der Waals surface area (Å²) in [6, 6.07) is 0.355. The lowest BCUT2D eigenvalue weighted by Crippen LogP contribution is -2.51. The molecule has 0 spiro atoms. The lowest BCUT2D eigenvalue weighted by atomic mass is 9.85. The van der Waals surface area contributed by atoms with E-state index in [0.717, 1.165) is 32.4 Å². The number of hydrogen-bond acceptors (Lipinski definition) is 4. The van der Waals surface area contributed by atoms with E-state index in [1.54, 1.807) is 7.11 Å². The highest BCUT2D eigenvalue weighted by Gasteiger charge is 2.45. The Morgan fingerprint density at radius 3 is 2.84 bits per heavy atom. The van der Waals surface area contributed by atoms with E-state index in [1.165, 1.54) is 0 Å². The van der Waals surface area contributed by atoms with Crippen LogP contribution in [0.15, 0.2) is 0 Å². The first-order valence-electron chi connectivity index (χ1n) is 7.21. The van der Waals surface area contributed by atoms with Gasteiger partial charge in [-0.05, 0) is 45.2 Å². The van der Waals surface area contributed by atoms with E-state index >= 15 is 0 Å². The van der Waals surface area contributed by atoms with Gasteiger partial charge in [0.05, 0.1) is 6.61 Å². The molecule has 0 radical (unpaired) electrons. The number of nitrogens with zero attached hydrogens (tertiary/aromatic N) is 1. The van der Waals surface area contributed by atoms with Crippen LogP contribution in [0.1, 0.15) is 39.5 Å². The summed E-state index contributed by atoms with van der Waals surface area (Å²) in [4.78, 5) is 13.6. The third-order valence-corrected chi connectivity index (χ3v) is 4.47. The summed E-state index contributed by atoms with van der Waals surface area (Å²) >= 11 is 0. The molecule has 0 amide bonds. The van der Waals surface area contributed by atoms with E-state index < -0.39 is 11.5 Å². The van der Waals surface area contributed by atoms with Crippen LogP contribution < -0.4 is 5.73 Å². The second kappa shape index (κ2) is 7.22. The molecule has 0 saturated heterocycles. The average molecular weight is 272 g/mol. The van der Waals surface area contributed by atoms with Crippen molar-refractivity contribution in [3.05, 3.63) is 0 Å². The van der Waals surface area contributed by atoms with Crippen LogP contribution in [0, 0.1) is 5.92 Å². The molecule has 112 valence electrons. The highest BCUT2D eigenvalue weighted by molar-refractivity contribution is 5.79. The van der Waals surface area contributed by atoms with E-state index in [4.69, 9.17) is 10.5 Å². The van der Waals surface area contributed by atoms with Gasteiger partial charge in [0.2, 0.25) is 0 Å². The van der Waals surface area contributed by atoms with Crippen LogP contribution in [-0.2, 0) is 9.53 Å². The largest absolute Gasteiger partial charge is 0.480 e. The Labute approximate surface area is 116 Å². The molecule has 0 aromatic heterocycles. The summed E-state index contributed by atoms with van der Waals surface area (Å²) < 4.78 is 5.18. The molecule has 1 saturated carbocycles. The fourth-order valence-corrected chi connectivity index (χ4v) is 3.14. The molecule has 0 aliphatic heterocycles. The molecule has 1 fully saturated rings. The van der Waals surface area contributed by atoms with Gasteiger partial charge in [0.15, 0.2) is 0 Å². The Kier molecular flexibility index (Phi) is 6.23. The smallest absolute Gasteiger partial charge is 0.323 e. The molecule has 3 atom stereocenters. The van der Waals surface area contributed by atoms with E-state index in [2.05, 4.69) is 18.7 Å². The highest BCUT2D eigenvalue weighted by atomic mass is 16.5. The maximum absolute atomic E-state index is 11.3. The van der Waals surface area contributed by atoms with Crippen molar-refractivity contribution in [2.24, 2.45) is 11.7 Å². The molecule has 19 heavy (non-hydrogen) atoms. The number of hydrogen-bond donors (Lipinski definition) is 2. The second-order valence-electron chi connectivity index (χ2n) is 5.66. The predicted molar refractivity (Wildman–Crippen MR) is 75.1 cm³/mol. The lowest BCUT2D eigenvalue weighted by molar-refractivity contribution is -0.144. The Morgan fingerprint density at radius 1 is 1.63 bits per heavy atom. The zero-order valence-corrected chi connectivity index (χ0v) is 12.4. The molecular formula is C14H28N2O3. The molecule has 0 bridgehead atoms. The summed E-state index contributed by atoms with van der Waals surface area (Å²) in [5, 5.41) is 9.30. The van der Waals surface area contributed by atoms with Crippen molar-refractivity contribution in [3.8, 4) is 0 Å². The number of likely N-dealkylation sites (N-methyl/N-ethyl adjacent to an activating group) is 1. The molecular weight excluding hydrogens is 244 g/mol. The van der Waals surface area contributed by atoms with Crippen LogP contribution in [-0.4, -0.2) is 54.4 Å². The Balaban J connectivity index is 2.52. The fourth-order valence-electron chi connectivity index (χ4n) is 3.14. The third kappa shape index (κ3) is 3.91. The van der Waals surface area contributed by atoms with Gasteiger partial charge in [-0.15, -0.1) is 0 Å². The van der Waals surface area contributed by atoms with Crippen LogP contribution in [0.4, 0.5) is 0 Å². The first kappa shape index (κ1) is 16.4. The van der Waals surface area contributed by atoms with Crippen molar-refractivity contribution in [3.63, 3.8) is 0 Å². The fraction of sp³-hybridized carbons (Fsp3) is 0.929. The Hall–Kier alpha value is -0.650. The number of nitrogens with two attached hydrogens (primary N) is 1. The van der Waals surface area contributed by atoms with Gasteiger partial charge in [-0.2, -0.15) is 0 Å². The number of carboxylic acid groups (broad SMARTS) is 1. The molecule has 5 nitrogen and oxygen atoms in total. The maximum atomic E-state index is 11.3. The Morgan fingerprint density at radius 2 is 2.32 bits per heavy atom. The van der Waals surface area contributed by atoms with Gasteiger partial charge in [0.1, 0.15) is 5.54 Å². The van der Waals surface area contributed by atoms with Crippen molar-refractivity contribution in [2.75, 3.05) is 26.8 Å². The average Bonchev–Trinajstić information content (AvgIpc) is 2.73. The minimum absolute atomic E-state index is 0.0915. The number of methoxy groups -OCH3 is 1. The third-order valence-electron chi connectivity index (χ3n) is 4.47. The van der Waals surface area contributed by atoms with Crippen molar-refractivity contribution < 1.29 is 14.6 Å². The van der Waals surface area contributed by atoms with Crippen LogP contribution in [0.25, 0.3) is 0 Å². The molecule has 1 aliphatic carbocycles. The summed E-state index contributed by atoms with van der Waals surface area (Å²) in [6.07, 6.45) is 3.31. The molecule has 1 aliphatic rings. The Bertz CT molecular complexity index is 298. The zero-order chi connectivity index (χ0) is 14.5. The van der Waals surface area contributed by atoms with Gasteiger partial charge in [0.25, 0.3) is 0 Å². The highest BCUT2D eigenvalue weighted by Crippen LogP contribution is 2.36. The van der Waals surface area contributed by atoms with Gasteiger partial charge >= 0.3 is 5.97 Å². The van der Waals surface area contributed by atoms with Gasteiger partial charge in [0, 0.05) is 13.2 Å². The number of rotatable bonds is 8. The van der Waals surface area contributed by atoms with Gasteiger partial charge in [-0.25, -0.2) is 0 Å². The number of carbonyl (C=O) groups is 1. The first-order valence-corrected chi connectivity index (χ1v) is 7.21. The molecule has 1 rings (SSSR count). The van der Waals surface area contributed by atoms with E-state index in [1.807, 2.05) is 0 Å². The number of carboxylic acids is 1. The van der Waals surface area contributed by atoms with Gasteiger partial charge in [-0.3, -0.25) is 9.69 Å². The van der Waals surface area contributed by atoms with Gasteiger partial charge in [-0.1, -0.05) is 13.3 Å². The zero-order valence-electron chi connectivity index (χ0n) is 12.4. The molecule has 5 heteroatoms. The molecule has 0 heterocycles. The SMILES string of the molecule is CCN(CCC1CCCC1(N)C(=O)O)C(C)COC. The molecule has 3 N–H and O–H groups in total. The van der Waals surface area contributed by atoms with Crippen molar-refractivity contribution in [2.45, 2.75) is 51.1 Å². The monoisotopic (exact) mass is 272 g/mol. The molecule has 0 aromatic rings. The van der Waals surface area contributed by atoms with E-state index in [9.17, 15) is 9.90 Å². The van der Waals surface area contributed by atoms with Crippen LogP contribution >= 0.6 is 0 Å². The predicted octanol–water partition coefficient (Wildman–Crippen LogP) is 1.32. The summed E-state index contributed by atoms with van der Waals surface area (Å²) in [5.41, 5.74) is 5.06. The van der Waals surface area contributed by atoms with E-state index in [0.29, 0.717) is 19.1 Å². The van der Waals surface area contributed by atoms with Crippen molar-refractivity contribution in [1.29, 1.82) is 0 Å². The summed E-state index contributed by atoms with van der Waals surface area (Å²) in [5.74, 6) is -0.753. The standard InChI is InChI=1S/C14H28N2O3/c1-4-16(11(2)10-19-3)9-7-12-6-5-8-14(12,15)13(17)18/h11-12H,4-10,15H2,1-3H3,(H,17,18).